The number of rotatable bonds is 7. The minimum atomic E-state index is -0.718. The Kier molecular flexibility index (Phi) is 6.15. The van der Waals surface area contributed by atoms with Crippen LogP contribution in [0.1, 0.15) is 38.3 Å². The average molecular weight is 315 g/mol. The number of nitrogens with one attached hydrogen (secondary N) is 1. The van der Waals surface area contributed by atoms with Gasteiger partial charge in [-0.2, -0.15) is 0 Å². The van der Waals surface area contributed by atoms with E-state index in [1.54, 1.807) is 12.1 Å². The lowest BCUT2D eigenvalue weighted by molar-refractivity contribution is -0.129. The van der Waals surface area contributed by atoms with Crippen LogP contribution in [-0.2, 0) is 4.79 Å². The van der Waals surface area contributed by atoms with E-state index in [-0.39, 0.29) is 17.7 Å². The van der Waals surface area contributed by atoms with Gasteiger partial charge in [-0.05, 0) is 30.5 Å². The second-order valence-electron chi connectivity index (χ2n) is 5.33. The lowest BCUT2D eigenvalue weighted by Crippen LogP contribution is -2.40. The van der Waals surface area contributed by atoms with Gasteiger partial charge in [0.25, 0.3) is 5.91 Å². The molecule has 0 spiro atoms. The second kappa shape index (κ2) is 8.32. The number of benzene rings is 2. The fourth-order valence-corrected chi connectivity index (χ4v) is 2.39. The molecule has 0 aliphatic heterocycles. The number of amides is 1. The Morgan fingerprint density at radius 1 is 1.04 bits per heavy atom. The zero-order valence-electron chi connectivity index (χ0n) is 13.5. The molecule has 23 heavy (non-hydrogen) atoms. The molecule has 4 heteroatoms. The van der Waals surface area contributed by atoms with Crippen molar-refractivity contribution in [3.63, 3.8) is 0 Å². The number of halogens is 1. The third kappa shape index (κ3) is 4.55. The molecule has 2 atom stereocenters. The molecule has 0 fully saturated rings. The SMILES string of the molecule is CCC(Oc1ccccc1F)C(=O)NC(CC)c1ccccc1. The maximum Gasteiger partial charge on any atom is 0.261 e. The van der Waals surface area contributed by atoms with E-state index in [1.165, 1.54) is 12.1 Å². The van der Waals surface area contributed by atoms with Gasteiger partial charge in [-0.3, -0.25) is 4.79 Å². The van der Waals surface area contributed by atoms with Gasteiger partial charge < -0.3 is 10.1 Å². The molecule has 0 radical (unpaired) electrons. The zero-order valence-corrected chi connectivity index (χ0v) is 13.5. The van der Waals surface area contributed by atoms with Gasteiger partial charge in [0.2, 0.25) is 0 Å². The number of carbonyl (C=O) groups is 1. The van der Waals surface area contributed by atoms with Gasteiger partial charge in [0, 0.05) is 0 Å². The van der Waals surface area contributed by atoms with Gasteiger partial charge in [-0.1, -0.05) is 56.3 Å². The summed E-state index contributed by atoms with van der Waals surface area (Å²) < 4.78 is 19.2. The number of carbonyl (C=O) groups excluding carboxylic acids is 1. The highest BCUT2D eigenvalue weighted by atomic mass is 19.1. The van der Waals surface area contributed by atoms with E-state index in [2.05, 4.69) is 5.32 Å². The molecule has 0 heterocycles. The first-order valence-corrected chi connectivity index (χ1v) is 7.92. The van der Waals surface area contributed by atoms with Gasteiger partial charge in [-0.25, -0.2) is 4.39 Å². The Balaban J connectivity index is 2.06. The smallest absolute Gasteiger partial charge is 0.261 e. The fourth-order valence-electron chi connectivity index (χ4n) is 2.39. The number of hydrogen-bond acceptors (Lipinski definition) is 2. The van der Waals surface area contributed by atoms with Crippen molar-refractivity contribution >= 4 is 5.91 Å². The highest BCUT2D eigenvalue weighted by molar-refractivity contribution is 5.81. The van der Waals surface area contributed by atoms with Crippen LogP contribution in [0.15, 0.2) is 54.6 Å². The monoisotopic (exact) mass is 315 g/mol. The van der Waals surface area contributed by atoms with Crippen LogP contribution < -0.4 is 10.1 Å². The summed E-state index contributed by atoms with van der Waals surface area (Å²) in [6.07, 6.45) is 0.516. The summed E-state index contributed by atoms with van der Waals surface area (Å²) in [4.78, 5) is 12.5. The highest BCUT2D eigenvalue weighted by Gasteiger charge is 2.22. The van der Waals surface area contributed by atoms with Crippen LogP contribution in [0.2, 0.25) is 0 Å². The first kappa shape index (κ1) is 17.0. The summed E-state index contributed by atoms with van der Waals surface area (Å²) in [5.41, 5.74) is 1.05. The molecule has 0 saturated carbocycles. The number of para-hydroxylation sites is 1. The summed E-state index contributed by atoms with van der Waals surface area (Å²) in [7, 11) is 0. The third-order valence-electron chi connectivity index (χ3n) is 3.70. The first-order chi connectivity index (χ1) is 11.2. The fraction of sp³-hybridized carbons (Fsp3) is 0.316. The Labute approximate surface area is 136 Å². The van der Waals surface area contributed by atoms with Gasteiger partial charge >= 0.3 is 0 Å². The van der Waals surface area contributed by atoms with Crippen molar-refractivity contribution in [1.82, 2.24) is 5.32 Å². The van der Waals surface area contributed by atoms with E-state index in [0.717, 1.165) is 12.0 Å². The lowest BCUT2D eigenvalue weighted by atomic mass is 10.0. The molecule has 2 aromatic rings. The van der Waals surface area contributed by atoms with E-state index in [1.807, 2.05) is 44.2 Å². The normalized spacial score (nSPS) is 13.2. The second-order valence-corrected chi connectivity index (χ2v) is 5.33. The molecule has 0 aromatic heterocycles. The summed E-state index contributed by atoms with van der Waals surface area (Å²) in [6.45, 7) is 3.85. The summed E-state index contributed by atoms with van der Waals surface area (Å²) in [6, 6.07) is 15.8. The van der Waals surface area contributed by atoms with Crippen molar-refractivity contribution in [2.45, 2.75) is 38.8 Å². The van der Waals surface area contributed by atoms with Gasteiger partial charge in [-0.15, -0.1) is 0 Å². The molecule has 0 aliphatic carbocycles. The largest absolute Gasteiger partial charge is 0.478 e. The highest BCUT2D eigenvalue weighted by Crippen LogP contribution is 2.20. The Morgan fingerprint density at radius 3 is 2.30 bits per heavy atom. The van der Waals surface area contributed by atoms with E-state index in [0.29, 0.717) is 6.42 Å². The summed E-state index contributed by atoms with van der Waals surface area (Å²) in [5.74, 6) is -0.595. The molecule has 1 N–H and O–H groups in total. The molecule has 0 aliphatic rings. The van der Waals surface area contributed by atoms with Crippen molar-refractivity contribution in [2.24, 2.45) is 0 Å². The molecule has 0 saturated heterocycles. The quantitative estimate of drug-likeness (QED) is 0.829. The molecular weight excluding hydrogens is 293 g/mol. The van der Waals surface area contributed by atoms with Crippen LogP contribution in [0.25, 0.3) is 0 Å². The van der Waals surface area contributed by atoms with Crippen LogP contribution in [0.3, 0.4) is 0 Å². The van der Waals surface area contributed by atoms with Crippen molar-refractivity contribution in [3.8, 4) is 5.75 Å². The van der Waals surface area contributed by atoms with E-state index in [4.69, 9.17) is 4.74 Å². The van der Waals surface area contributed by atoms with Crippen molar-refractivity contribution in [2.75, 3.05) is 0 Å². The molecule has 122 valence electrons. The van der Waals surface area contributed by atoms with Crippen LogP contribution in [0, 0.1) is 5.82 Å². The van der Waals surface area contributed by atoms with E-state index < -0.39 is 11.9 Å². The van der Waals surface area contributed by atoms with Gasteiger partial charge in [0.15, 0.2) is 17.7 Å². The van der Waals surface area contributed by atoms with Crippen LogP contribution >= 0.6 is 0 Å². The minimum absolute atomic E-state index is 0.0815. The van der Waals surface area contributed by atoms with Crippen LogP contribution in [0.4, 0.5) is 4.39 Å². The molecule has 2 unspecified atom stereocenters. The standard InChI is InChI=1S/C19H22FNO2/c1-3-16(14-10-6-5-7-11-14)21-19(22)17(4-2)23-18-13-9-8-12-15(18)20/h5-13,16-17H,3-4H2,1-2H3,(H,21,22). The molecular formula is C19H22FNO2. The van der Waals surface area contributed by atoms with Crippen molar-refractivity contribution in [1.29, 1.82) is 0 Å². The number of hydrogen-bond donors (Lipinski definition) is 1. The lowest BCUT2D eigenvalue weighted by Gasteiger charge is -2.22. The minimum Gasteiger partial charge on any atom is -0.478 e. The topological polar surface area (TPSA) is 38.3 Å². The average Bonchev–Trinajstić information content (AvgIpc) is 2.59. The number of ether oxygens (including phenoxy) is 1. The van der Waals surface area contributed by atoms with Crippen molar-refractivity contribution in [3.05, 3.63) is 66.0 Å². The van der Waals surface area contributed by atoms with Crippen molar-refractivity contribution < 1.29 is 13.9 Å². The Bertz CT molecular complexity index is 630. The van der Waals surface area contributed by atoms with Crippen LogP contribution in [0.5, 0.6) is 5.75 Å². The Morgan fingerprint density at radius 2 is 1.70 bits per heavy atom. The van der Waals surface area contributed by atoms with Crippen LogP contribution in [-0.4, -0.2) is 12.0 Å². The molecule has 2 aromatic carbocycles. The molecule has 1 amide bonds. The van der Waals surface area contributed by atoms with E-state index >= 15 is 0 Å². The maximum absolute atomic E-state index is 13.7. The Hall–Kier alpha value is -2.36. The molecule has 3 nitrogen and oxygen atoms in total. The van der Waals surface area contributed by atoms with Gasteiger partial charge in [0.05, 0.1) is 6.04 Å². The predicted octanol–water partition coefficient (Wildman–Crippen LogP) is 4.25. The third-order valence-corrected chi connectivity index (χ3v) is 3.70. The predicted molar refractivity (Wildman–Crippen MR) is 88.7 cm³/mol. The zero-order chi connectivity index (χ0) is 16.7. The summed E-state index contributed by atoms with van der Waals surface area (Å²) in [5, 5.41) is 2.99. The summed E-state index contributed by atoms with van der Waals surface area (Å²) >= 11 is 0. The molecule has 0 bridgehead atoms. The first-order valence-electron chi connectivity index (χ1n) is 7.92. The van der Waals surface area contributed by atoms with Gasteiger partial charge in [0.1, 0.15) is 0 Å². The molecule has 2 rings (SSSR count). The van der Waals surface area contributed by atoms with E-state index in [9.17, 15) is 9.18 Å². The maximum atomic E-state index is 13.7.